The molecular formula is C7H15B3Ru. The molecule has 0 radical (unpaired) electrons. The standard InChI is InChI=1S/C5H6.C2H9B3.Ru/c1-2-4-5-3-1;1-2-4-5-3;/h1-4H,5H2;4-5H,2-3H2,1H3;. The second-order valence-electron chi connectivity index (χ2n) is 2.45. The summed E-state index contributed by atoms with van der Waals surface area (Å²) in [4.78, 5) is 0. The molecule has 1 aliphatic carbocycles. The maximum atomic E-state index is 2.21. The molecule has 1 rings (SSSR count). The van der Waals surface area contributed by atoms with Crippen molar-refractivity contribution >= 4 is 22.0 Å². The number of hydrogen-bond donors (Lipinski definition) is 0. The number of allylic oxidation sites excluding steroid dienone is 4. The van der Waals surface area contributed by atoms with E-state index in [4.69, 9.17) is 0 Å². The Kier molecular flexibility index (Phi) is 16.3. The molecule has 0 aromatic heterocycles. The summed E-state index contributed by atoms with van der Waals surface area (Å²) >= 11 is 0. The van der Waals surface area contributed by atoms with Crippen molar-refractivity contribution in [3.05, 3.63) is 24.3 Å². The van der Waals surface area contributed by atoms with E-state index < -0.39 is 0 Å². The Bertz CT molecular complexity index is 100. The minimum atomic E-state index is 0. The Balaban J connectivity index is 0. The Morgan fingerprint density at radius 1 is 1.36 bits per heavy atom. The first kappa shape index (κ1) is 13.9. The van der Waals surface area contributed by atoms with Crippen molar-refractivity contribution in [3.63, 3.8) is 0 Å². The summed E-state index contributed by atoms with van der Waals surface area (Å²) in [6, 6.07) is 0. The first-order valence-corrected chi connectivity index (χ1v) is 4.23. The predicted octanol–water partition coefficient (Wildman–Crippen LogP) is 0.261. The zero-order valence-corrected chi connectivity index (χ0v) is 9.23. The summed E-state index contributed by atoms with van der Waals surface area (Å²) < 4.78 is 0. The number of hydrogen-bond acceptors (Lipinski definition) is 0. The van der Waals surface area contributed by atoms with E-state index >= 15 is 0 Å². The Hall–Kier alpha value is 0.298. The second-order valence-corrected chi connectivity index (χ2v) is 2.45. The van der Waals surface area contributed by atoms with Crippen LogP contribution in [0.15, 0.2) is 24.3 Å². The first-order valence-electron chi connectivity index (χ1n) is 4.23. The zero-order chi connectivity index (χ0) is 7.66. The topological polar surface area (TPSA) is 0 Å². The van der Waals surface area contributed by atoms with Gasteiger partial charge >= 0.3 is 0 Å². The molecule has 0 saturated heterocycles. The van der Waals surface area contributed by atoms with Crippen LogP contribution in [0.4, 0.5) is 0 Å². The largest absolute Gasteiger partial charge is 0.0881 e. The maximum Gasteiger partial charge on any atom is 0.0776 e. The van der Waals surface area contributed by atoms with E-state index in [2.05, 4.69) is 39.0 Å². The fraction of sp³-hybridized carbons (Fsp3) is 0.429. The van der Waals surface area contributed by atoms with E-state index in [-0.39, 0.29) is 19.5 Å². The van der Waals surface area contributed by atoms with E-state index in [0.717, 1.165) is 6.42 Å². The fourth-order valence-corrected chi connectivity index (χ4v) is 0.746. The van der Waals surface area contributed by atoms with Gasteiger partial charge in [-0.1, -0.05) is 37.5 Å². The van der Waals surface area contributed by atoms with Crippen molar-refractivity contribution in [2.45, 2.75) is 19.7 Å². The average Bonchev–Trinajstić information content (AvgIpc) is 2.44. The molecule has 0 saturated carbocycles. The molecule has 0 atom stereocenters. The van der Waals surface area contributed by atoms with Crippen molar-refractivity contribution < 1.29 is 19.5 Å². The zero-order valence-electron chi connectivity index (χ0n) is 7.49. The third-order valence-corrected chi connectivity index (χ3v) is 1.36. The molecule has 0 aromatic rings. The third-order valence-electron chi connectivity index (χ3n) is 1.36. The molecule has 60 valence electrons. The quantitative estimate of drug-likeness (QED) is 0.600. The SMILES string of the molecule is BBBCC.C1=CCC=C1.[Ru]. The average molecular weight is 233 g/mol. The minimum Gasteiger partial charge on any atom is -0.0881 e. The van der Waals surface area contributed by atoms with Gasteiger partial charge in [0, 0.05) is 19.5 Å². The second kappa shape index (κ2) is 12.9. The van der Waals surface area contributed by atoms with Gasteiger partial charge in [0.2, 0.25) is 0 Å². The molecule has 0 N–H and O–H groups in total. The van der Waals surface area contributed by atoms with Gasteiger partial charge in [0.15, 0.2) is 0 Å². The van der Waals surface area contributed by atoms with Gasteiger partial charge < -0.3 is 0 Å². The van der Waals surface area contributed by atoms with Crippen molar-refractivity contribution in [2.24, 2.45) is 0 Å². The van der Waals surface area contributed by atoms with E-state index in [1.54, 1.807) is 0 Å². The van der Waals surface area contributed by atoms with Gasteiger partial charge in [0.05, 0.1) is 22.0 Å². The van der Waals surface area contributed by atoms with Crippen LogP contribution in [0, 0.1) is 0 Å². The third kappa shape index (κ3) is 13.3. The Morgan fingerprint density at radius 3 is 2.00 bits per heavy atom. The normalized spacial score (nSPS) is 11.0. The van der Waals surface area contributed by atoms with Gasteiger partial charge in [-0.2, -0.15) is 0 Å². The van der Waals surface area contributed by atoms with Crippen LogP contribution < -0.4 is 0 Å². The molecule has 0 aromatic carbocycles. The molecule has 0 nitrogen and oxygen atoms in total. The van der Waals surface area contributed by atoms with E-state index in [1.807, 2.05) is 0 Å². The maximum absolute atomic E-state index is 2.21. The molecule has 0 fully saturated rings. The fourth-order valence-electron chi connectivity index (χ4n) is 0.746. The van der Waals surface area contributed by atoms with Crippen LogP contribution >= 0.6 is 0 Å². The molecule has 4 heteroatoms. The summed E-state index contributed by atoms with van der Waals surface area (Å²) in [6.07, 6.45) is 10.8. The van der Waals surface area contributed by atoms with Crippen LogP contribution in [0.1, 0.15) is 13.3 Å². The van der Waals surface area contributed by atoms with E-state index in [1.165, 1.54) is 20.6 Å². The van der Waals surface area contributed by atoms with Crippen LogP contribution in [-0.2, 0) is 19.5 Å². The molecule has 0 unspecified atom stereocenters. The summed E-state index contributed by atoms with van der Waals surface area (Å²) in [5.41, 5.74) is 0. The van der Waals surface area contributed by atoms with Crippen LogP contribution in [0.5, 0.6) is 0 Å². The van der Waals surface area contributed by atoms with Gasteiger partial charge in [-0.05, 0) is 6.42 Å². The smallest absolute Gasteiger partial charge is 0.0776 e. The van der Waals surface area contributed by atoms with E-state index in [0.29, 0.717) is 0 Å². The molecule has 0 heterocycles. The Morgan fingerprint density at radius 2 is 1.91 bits per heavy atom. The van der Waals surface area contributed by atoms with Crippen LogP contribution in [-0.4, -0.2) is 22.0 Å². The molecule has 1 aliphatic rings. The summed E-state index contributed by atoms with van der Waals surface area (Å²) in [5, 5.41) is 0. The summed E-state index contributed by atoms with van der Waals surface area (Å²) in [6.45, 7) is 2.21. The van der Waals surface area contributed by atoms with Crippen molar-refractivity contribution in [3.8, 4) is 0 Å². The summed E-state index contributed by atoms with van der Waals surface area (Å²) in [5.74, 6) is 0. The van der Waals surface area contributed by atoms with Crippen molar-refractivity contribution in [1.29, 1.82) is 0 Å². The van der Waals surface area contributed by atoms with Crippen molar-refractivity contribution in [1.82, 2.24) is 0 Å². The Labute approximate surface area is 85.5 Å². The molecule has 0 spiro atoms. The minimum absolute atomic E-state index is 0. The predicted molar refractivity (Wildman–Crippen MR) is 56.2 cm³/mol. The van der Waals surface area contributed by atoms with Gasteiger partial charge in [-0.25, -0.2) is 0 Å². The van der Waals surface area contributed by atoms with Crippen LogP contribution in [0.3, 0.4) is 0 Å². The van der Waals surface area contributed by atoms with Gasteiger partial charge in [-0.3, -0.25) is 0 Å². The molecule has 0 amide bonds. The molecule has 11 heavy (non-hydrogen) atoms. The first-order chi connectivity index (χ1) is 4.91. The van der Waals surface area contributed by atoms with E-state index in [9.17, 15) is 0 Å². The monoisotopic (exact) mass is 234 g/mol. The van der Waals surface area contributed by atoms with Gasteiger partial charge in [0.1, 0.15) is 0 Å². The van der Waals surface area contributed by atoms with Gasteiger partial charge in [-0.15, -0.1) is 0 Å². The molecule has 0 bridgehead atoms. The van der Waals surface area contributed by atoms with Crippen molar-refractivity contribution in [2.75, 3.05) is 0 Å². The number of rotatable bonds is 2. The van der Waals surface area contributed by atoms with Gasteiger partial charge in [0.25, 0.3) is 0 Å². The van der Waals surface area contributed by atoms with Crippen LogP contribution in [0.25, 0.3) is 0 Å². The molecular weight excluding hydrogens is 218 g/mol. The molecule has 0 aliphatic heterocycles. The summed E-state index contributed by atoms with van der Waals surface area (Å²) in [7, 11) is 4.94. The van der Waals surface area contributed by atoms with Crippen LogP contribution in [0.2, 0.25) is 6.32 Å².